The van der Waals surface area contributed by atoms with E-state index < -0.39 is 0 Å². The third-order valence-electron chi connectivity index (χ3n) is 4.27. The highest BCUT2D eigenvalue weighted by Gasteiger charge is 2.12. The summed E-state index contributed by atoms with van der Waals surface area (Å²) in [4.78, 5) is 25.9. The minimum absolute atomic E-state index is 0.0575. The Hall–Kier alpha value is -2.80. The van der Waals surface area contributed by atoms with Gasteiger partial charge in [-0.1, -0.05) is 31.5 Å². The molecule has 6 nitrogen and oxygen atoms in total. The van der Waals surface area contributed by atoms with Crippen LogP contribution in [0.1, 0.15) is 25.3 Å². The van der Waals surface area contributed by atoms with Crippen LogP contribution in [0, 0.1) is 0 Å². The average Bonchev–Trinajstić information content (AvgIpc) is 2.74. The lowest BCUT2D eigenvalue weighted by Gasteiger charge is -2.15. The predicted octanol–water partition coefficient (Wildman–Crippen LogP) is 4.75. The van der Waals surface area contributed by atoms with Gasteiger partial charge in [-0.3, -0.25) is 9.59 Å². The standard InChI is InChI=1S/C23H27BrN2O4/c1-4-5-14-30-20-12-10-17(15-21(20)29-3)11-13-23(28)26(2)16-22(27)25-19-9-7-6-8-18(19)24/h6-13,15H,4-5,14,16H2,1-3H3,(H,25,27)/b13-11+. The van der Waals surface area contributed by atoms with Gasteiger partial charge in [-0.15, -0.1) is 0 Å². The first-order valence-electron chi connectivity index (χ1n) is 9.73. The first-order chi connectivity index (χ1) is 14.4. The quantitative estimate of drug-likeness (QED) is 0.398. The van der Waals surface area contributed by atoms with Crippen molar-refractivity contribution >= 4 is 39.5 Å². The molecule has 160 valence electrons. The van der Waals surface area contributed by atoms with E-state index in [9.17, 15) is 9.59 Å². The molecule has 0 aromatic heterocycles. The smallest absolute Gasteiger partial charge is 0.246 e. The summed E-state index contributed by atoms with van der Waals surface area (Å²) < 4.78 is 11.9. The Morgan fingerprint density at radius 3 is 2.63 bits per heavy atom. The summed E-state index contributed by atoms with van der Waals surface area (Å²) in [6.45, 7) is 2.68. The normalized spacial score (nSPS) is 10.7. The Kier molecular flexibility index (Phi) is 9.41. The predicted molar refractivity (Wildman–Crippen MR) is 123 cm³/mol. The van der Waals surface area contributed by atoms with Crippen molar-refractivity contribution in [2.45, 2.75) is 19.8 Å². The number of para-hydroxylation sites is 1. The number of carbonyl (C=O) groups excluding carboxylic acids is 2. The van der Waals surface area contributed by atoms with Crippen molar-refractivity contribution in [2.24, 2.45) is 0 Å². The molecule has 0 unspecified atom stereocenters. The number of hydrogen-bond acceptors (Lipinski definition) is 4. The molecule has 0 bridgehead atoms. The molecule has 30 heavy (non-hydrogen) atoms. The molecular weight excluding hydrogens is 448 g/mol. The van der Waals surface area contributed by atoms with E-state index in [0.29, 0.717) is 23.8 Å². The van der Waals surface area contributed by atoms with Gasteiger partial charge in [0.15, 0.2) is 11.5 Å². The summed E-state index contributed by atoms with van der Waals surface area (Å²) in [5, 5.41) is 2.78. The number of halogens is 1. The number of methoxy groups -OCH3 is 1. The van der Waals surface area contributed by atoms with Gasteiger partial charge in [-0.05, 0) is 58.3 Å². The second-order valence-corrected chi connectivity index (χ2v) is 7.52. The summed E-state index contributed by atoms with van der Waals surface area (Å²) in [5.74, 6) is 0.734. The minimum atomic E-state index is -0.278. The minimum Gasteiger partial charge on any atom is -0.493 e. The summed E-state index contributed by atoms with van der Waals surface area (Å²) in [6, 6.07) is 12.8. The molecule has 0 saturated heterocycles. The highest BCUT2D eigenvalue weighted by atomic mass is 79.9. The molecule has 0 aliphatic carbocycles. The van der Waals surface area contributed by atoms with E-state index in [-0.39, 0.29) is 18.4 Å². The number of ether oxygens (including phenoxy) is 2. The third kappa shape index (κ3) is 7.22. The third-order valence-corrected chi connectivity index (χ3v) is 4.96. The summed E-state index contributed by atoms with van der Waals surface area (Å²) in [7, 11) is 3.16. The van der Waals surface area contributed by atoms with Crippen molar-refractivity contribution in [3.63, 3.8) is 0 Å². The number of rotatable bonds is 10. The molecular formula is C23H27BrN2O4. The molecule has 0 aliphatic rings. The zero-order chi connectivity index (χ0) is 21.9. The number of hydrogen-bond donors (Lipinski definition) is 1. The highest BCUT2D eigenvalue weighted by molar-refractivity contribution is 9.10. The van der Waals surface area contributed by atoms with Gasteiger partial charge in [0.25, 0.3) is 0 Å². The Balaban J connectivity index is 1.94. The molecule has 7 heteroatoms. The van der Waals surface area contributed by atoms with Crippen LogP contribution in [0.2, 0.25) is 0 Å². The molecule has 2 amide bonds. The number of nitrogens with one attached hydrogen (secondary N) is 1. The molecule has 2 rings (SSSR count). The number of benzene rings is 2. The van der Waals surface area contributed by atoms with Crippen LogP contribution in [0.4, 0.5) is 5.69 Å². The largest absolute Gasteiger partial charge is 0.493 e. The molecule has 1 N–H and O–H groups in total. The van der Waals surface area contributed by atoms with Crippen molar-refractivity contribution in [3.05, 3.63) is 58.6 Å². The van der Waals surface area contributed by atoms with E-state index in [1.54, 1.807) is 26.3 Å². The Morgan fingerprint density at radius 2 is 1.93 bits per heavy atom. The molecule has 0 atom stereocenters. The van der Waals surface area contributed by atoms with Crippen molar-refractivity contribution in [1.29, 1.82) is 0 Å². The van der Waals surface area contributed by atoms with Crippen LogP contribution in [-0.4, -0.2) is 44.0 Å². The van der Waals surface area contributed by atoms with Gasteiger partial charge in [0, 0.05) is 17.6 Å². The number of anilines is 1. The lowest BCUT2D eigenvalue weighted by atomic mass is 10.2. The molecule has 0 radical (unpaired) electrons. The Morgan fingerprint density at radius 1 is 1.17 bits per heavy atom. The van der Waals surface area contributed by atoms with Crippen LogP contribution in [0.3, 0.4) is 0 Å². The Bertz CT molecular complexity index is 899. The van der Waals surface area contributed by atoms with Gasteiger partial charge in [0.1, 0.15) is 0 Å². The zero-order valence-electron chi connectivity index (χ0n) is 17.5. The maximum absolute atomic E-state index is 12.4. The summed E-state index contributed by atoms with van der Waals surface area (Å²) >= 11 is 3.38. The zero-order valence-corrected chi connectivity index (χ0v) is 19.1. The number of carbonyl (C=O) groups is 2. The molecule has 0 aliphatic heterocycles. The second kappa shape index (κ2) is 12.0. The van der Waals surface area contributed by atoms with Gasteiger partial charge in [0.2, 0.25) is 11.8 Å². The first-order valence-corrected chi connectivity index (χ1v) is 10.5. The van der Waals surface area contributed by atoms with Gasteiger partial charge < -0.3 is 19.7 Å². The van der Waals surface area contributed by atoms with Crippen LogP contribution in [0.5, 0.6) is 11.5 Å². The SMILES string of the molecule is CCCCOc1ccc(/C=C/C(=O)N(C)CC(=O)Nc2ccccc2Br)cc1OC. The fraction of sp³-hybridized carbons (Fsp3) is 0.304. The van der Waals surface area contributed by atoms with Crippen LogP contribution < -0.4 is 14.8 Å². The van der Waals surface area contributed by atoms with Crippen molar-refractivity contribution in [2.75, 3.05) is 32.6 Å². The van der Waals surface area contributed by atoms with Crippen LogP contribution in [0.25, 0.3) is 6.08 Å². The summed E-state index contributed by atoms with van der Waals surface area (Å²) in [5.41, 5.74) is 1.46. The lowest BCUT2D eigenvalue weighted by molar-refractivity contribution is -0.129. The van der Waals surface area contributed by atoms with Gasteiger partial charge in [-0.25, -0.2) is 0 Å². The molecule has 0 heterocycles. The number of nitrogens with zero attached hydrogens (tertiary/aromatic N) is 1. The lowest BCUT2D eigenvalue weighted by Crippen LogP contribution is -2.33. The monoisotopic (exact) mass is 474 g/mol. The van der Waals surface area contributed by atoms with Crippen molar-refractivity contribution < 1.29 is 19.1 Å². The molecule has 0 fully saturated rings. The first kappa shape index (κ1) is 23.5. The van der Waals surface area contributed by atoms with E-state index >= 15 is 0 Å². The van der Waals surface area contributed by atoms with E-state index in [0.717, 1.165) is 22.9 Å². The van der Waals surface area contributed by atoms with E-state index in [1.807, 2.05) is 36.4 Å². The second-order valence-electron chi connectivity index (χ2n) is 6.67. The van der Waals surface area contributed by atoms with Gasteiger partial charge >= 0.3 is 0 Å². The molecule has 2 aromatic carbocycles. The number of likely N-dealkylation sites (N-methyl/N-ethyl adjacent to an activating group) is 1. The van der Waals surface area contributed by atoms with E-state index in [2.05, 4.69) is 28.2 Å². The fourth-order valence-corrected chi connectivity index (χ4v) is 2.96. The van der Waals surface area contributed by atoms with Gasteiger partial charge in [-0.2, -0.15) is 0 Å². The molecule has 0 saturated carbocycles. The maximum atomic E-state index is 12.4. The van der Waals surface area contributed by atoms with E-state index in [4.69, 9.17) is 9.47 Å². The average molecular weight is 475 g/mol. The van der Waals surface area contributed by atoms with Crippen LogP contribution in [0.15, 0.2) is 53.0 Å². The van der Waals surface area contributed by atoms with Crippen molar-refractivity contribution in [3.8, 4) is 11.5 Å². The number of amides is 2. The number of unbranched alkanes of at least 4 members (excludes halogenated alkanes) is 1. The van der Waals surface area contributed by atoms with Crippen LogP contribution >= 0.6 is 15.9 Å². The molecule has 0 spiro atoms. The van der Waals surface area contributed by atoms with Crippen LogP contribution in [-0.2, 0) is 9.59 Å². The fourth-order valence-electron chi connectivity index (χ4n) is 2.57. The Labute approximate surface area is 186 Å². The summed E-state index contributed by atoms with van der Waals surface area (Å²) in [6.07, 6.45) is 5.14. The van der Waals surface area contributed by atoms with E-state index in [1.165, 1.54) is 11.0 Å². The van der Waals surface area contributed by atoms with Crippen molar-refractivity contribution in [1.82, 2.24) is 4.90 Å². The highest BCUT2D eigenvalue weighted by Crippen LogP contribution is 2.28. The van der Waals surface area contributed by atoms with Gasteiger partial charge in [0.05, 0.1) is 25.9 Å². The topological polar surface area (TPSA) is 67.9 Å². The maximum Gasteiger partial charge on any atom is 0.246 e. The molecule has 2 aromatic rings.